The van der Waals surface area contributed by atoms with Gasteiger partial charge in [-0.1, -0.05) is 19.9 Å². The zero-order chi connectivity index (χ0) is 29.8. The molecule has 0 unspecified atom stereocenters. The van der Waals surface area contributed by atoms with Crippen LogP contribution < -0.4 is 4.90 Å². The second kappa shape index (κ2) is 12.5. The van der Waals surface area contributed by atoms with Crippen molar-refractivity contribution < 1.29 is 40.7 Å². The van der Waals surface area contributed by atoms with Crippen LogP contribution in [-0.4, -0.2) is 78.4 Å². The number of nitrogens with zero attached hydrogens (tertiary/aromatic N) is 4. The molecular weight excluding hydrogens is 556 g/mol. The second-order valence-electron chi connectivity index (χ2n) is 10.2. The minimum Gasteiger partial charge on any atom is -0.475 e. The Labute approximate surface area is 230 Å². The molecule has 2 saturated heterocycles. The summed E-state index contributed by atoms with van der Waals surface area (Å²) in [4.78, 5) is 35.1. The second-order valence-corrected chi connectivity index (χ2v) is 12.3. The van der Waals surface area contributed by atoms with Gasteiger partial charge in [-0.05, 0) is 54.9 Å². The van der Waals surface area contributed by atoms with E-state index in [4.69, 9.17) is 9.90 Å². The molecule has 0 radical (unpaired) electrons. The highest BCUT2D eigenvalue weighted by atomic mass is 32.2. The van der Waals surface area contributed by atoms with Crippen LogP contribution >= 0.6 is 0 Å². The molecule has 1 aromatic carbocycles. The van der Waals surface area contributed by atoms with Gasteiger partial charge in [0.1, 0.15) is 5.82 Å². The number of amides is 1. The van der Waals surface area contributed by atoms with Crippen molar-refractivity contribution in [2.45, 2.75) is 62.6 Å². The van der Waals surface area contributed by atoms with E-state index in [1.165, 1.54) is 12.1 Å². The Bertz CT molecular complexity index is 1310. The average Bonchev–Trinajstić information content (AvgIpc) is 3.24. The molecule has 1 aromatic heterocycles. The number of likely N-dealkylation sites (tertiary alicyclic amines) is 1. The summed E-state index contributed by atoms with van der Waals surface area (Å²) in [6.45, 7) is 6.49. The molecule has 0 spiro atoms. The van der Waals surface area contributed by atoms with Crippen molar-refractivity contribution in [1.82, 2.24) is 14.9 Å². The number of piperidine rings is 1. The summed E-state index contributed by atoms with van der Waals surface area (Å²) in [6, 6.07) is 4.13. The molecule has 2 fully saturated rings. The minimum absolute atomic E-state index is 0.0438. The zero-order valence-electron chi connectivity index (χ0n) is 22.4. The average molecular weight is 589 g/mol. The molecule has 14 heteroatoms. The Morgan fingerprint density at radius 1 is 1.10 bits per heavy atom. The highest BCUT2D eigenvalue weighted by molar-refractivity contribution is 7.90. The molecule has 9 nitrogen and oxygen atoms in total. The lowest BCUT2D eigenvalue weighted by atomic mass is 9.97. The fraction of sp³-hybridized carbons (Fsp3) is 0.538. The van der Waals surface area contributed by atoms with E-state index in [1.54, 1.807) is 0 Å². The van der Waals surface area contributed by atoms with Crippen molar-refractivity contribution in [3.8, 4) is 0 Å². The van der Waals surface area contributed by atoms with E-state index in [9.17, 15) is 30.8 Å². The fourth-order valence-electron chi connectivity index (χ4n) is 4.67. The smallest absolute Gasteiger partial charge is 0.475 e. The van der Waals surface area contributed by atoms with E-state index >= 15 is 0 Å². The Morgan fingerprint density at radius 2 is 1.68 bits per heavy atom. The van der Waals surface area contributed by atoms with Crippen LogP contribution in [0.5, 0.6) is 0 Å². The Balaban J connectivity index is 0.000000559. The van der Waals surface area contributed by atoms with Crippen LogP contribution in [0, 0.1) is 11.7 Å². The van der Waals surface area contributed by atoms with E-state index in [1.807, 2.05) is 17.3 Å². The van der Waals surface area contributed by atoms with E-state index in [-0.39, 0.29) is 22.8 Å². The fourth-order valence-corrected chi connectivity index (χ4v) is 5.31. The molecule has 2 aliphatic rings. The maximum atomic E-state index is 14.5. The third-order valence-corrected chi connectivity index (χ3v) is 8.14. The third-order valence-electron chi connectivity index (χ3n) is 7.03. The van der Waals surface area contributed by atoms with Crippen LogP contribution in [0.1, 0.15) is 50.2 Å². The van der Waals surface area contributed by atoms with Crippen LogP contribution in [0.4, 0.5) is 23.5 Å². The molecule has 2 aromatic rings. The van der Waals surface area contributed by atoms with Gasteiger partial charge in [-0.15, -0.1) is 0 Å². The topological polar surface area (TPSA) is 121 Å². The maximum absolute atomic E-state index is 14.5. The Morgan fingerprint density at radius 3 is 2.15 bits per heavy atom. The Hall–Kier alpha value is -3.29. The standard InChI is InChI=1S/C24H31FN4O3S.C2HF3O2/c1-16(2)19-14-26-24(27-15-19)28-9-7-20(8-10-28)29-11-6-18(23(29)30)12-17-4-5-21(13-22(17)25)33(3,31)32;3-2(4,5)1(6)7/h4-5,13-16,18,20H,6-12H2,1-3H3;(H,6,7)/t18-;/m1./s1. The summed E-state index contributed by atoms with van der Waals surface area (Å²) in [5.74, 6) is -2.40. The number of hydrogen-bond acceptors (Lipinski definition) is 7. The van der Waals surface area contributed by atoms with Gasteiger partial charge < -0.3 is 14.9 Å². The molecule has 0 bridgehead atoms. The number of rotatable bonds is 6. The van der Waals surface area contributed by atoms with Gasteiger partial charge >= 0.3 is 12.1 Å². The van der Waals surface area contributed by atoms with Crippen molar-refractivity contribution in [3.05, 3.63) is 47.5 Å². The van der Waals surface area contributed by atoms with Gasteiger partial charge in [-0.2, -0.15) is 13.2 Å². The van der Waals surface area contributed by atoms with Crippen molar-refractivity contribution in [1.29, 1.82) is 0 Å². The van der Waals surface area contributed by atoms with Gasteiger partial charge in [0.05, 0.1) is 4.90 Å². The van der Waals surface area contributed by atoms with Crippen molar-refractivity contribution in [2.24, 2.45) is 5.92 Å². The highest BCUT2D eigenvalue weighted by Crippen LogP contribution is 2.30. The number of carbonyl (C=O) groups is 2. The highest BCUT2D eigenvalue weighted by Gasteiger charge is 2.39. The summed E-state index contributed by atoms with van der Waals surface area (Å²) < 4.78 is 69.5. The number of halogens is 4. The predicted octanol–water partition coefficient (Wildman–Crippen LogP) is 3.84. The van der Waals surface area contributed by atoms with Crippen LogP contribution in [0.3, 0.4) is 0 Å². The SMILES string of the molecule is CC(C)c1cnc(N2CCC(N3CC[C@H](Cc4ccc(S(C)(=O)=O)cc4F)C3=O)CC2)nc1.O=C(O)C(F)(F)F. The lowest BCUT2D eigenvalue weighted by Crippen LogP contribution is -2.46. The first kappa shape index (κ1) is 31.2. The lowest BCUT2D eigenvalue weighted by Gasteiger charge is -2.37. The number of carboxylic acids is 1. The quantitative estimate of drug-likeness (QED) is 0.506. The molecule has 1 N–H and O–H groups in total. The molecule has 1 atom stereocenters. The largest absolute Gasteiger partial charge is 0.490 e. The number of aromatic nitrogens is 2. The van der Waals surface area contributed by atoms with Gasteiger partial charge in [0, 0.05) is 50.2 Å². The van der Waals surface area contributed by atoms with Crippen LogP contribution in [0.2, 0.25) is 0 Å². The first-order valence-corrected chi connectivity index (χ1v) is 14.6. The molecule has 4 rings (SSSR count). The molecule has 220 valence electrons. The zero-order valence-corrected chi connectivity index (χ0v) is 23.2. The van der Waals surface area contributed by atoms with Crippen molar-refractivity contribution in [2.75, 3.05) is 30.8 Å². The van der Waals surface area contributed by atoms with Gasteiger partial charge in [0.25, 0.3) is 0 Å². The molecule has 2 aliphatic heterocycles. The molecule has 0 aliphatic carbocycles. The first-order chi connectivity index (χ1) is 18.6. The van der Waals surface area contributed by atoms with Crippen LogP contribution in [-0.2, 0) is 25.8 Å². The number of hydrogen-bond donors (Lipinski definition) is 1. The lowest BCUT2D eigenvalue weighted by molar-refractivity contribution is -0.192. The van der Waals surface area contributed by atoms with Gasteiger partial charge in [0.2, 0.25) is 11.9 Å². The van der Waals surface area contributed by atoms with Gasteiger partial charge in [0.15, 0.2) is 9.84 Å². The molecule has 3 heterocycles. The summed E-state index contributed by atoms with van der Waals surface area (Å²) in [6.07, 6.45) is 2.42. The maximum Gasteiger partial charge on any atom is 0.490 e. The number of carbonyl (C=O) groups excluding carboxylic acids is 1. The van der Waals surface area contributed by atoms with E-state index < -0.39 is 27.8 Å². The molecular formula is C26H32F4N4O5S. The third kappa shape index (κ3) is 7.89. The Kier molecular flexibility index (Phi) is 9.75. The van der Waals surface area contributed by atoms with Gasteiger partial charge in [-0.25, -0.2) is 27.6 Å². The summed E-state index contributed by atoms with van der Waals surface area (Å²) in [5, 5.41) is 7.12. The molecule has 40 heavy (non-hydrogen) atoms. The van der Waals surface area contributed by atoms with E-state index in [0.717, 1.165) is 49.8 Å². The van der Waals surface area contributed by atoms with Gasteiger partial charge in [-0.3, -0.25) is 4.79 Å². The molecule has 1 amide bonds. The number of sulfone groups is 1. The van der Waals surface area contributed by atoms with E-state index in [0.29, 0.717) is 30.9 Å². The summed E-state index contributed by atoms with van der Waals surface area (Å²) >= 11 is 0. The number of aliphatic carboxylic acids is 1. The minimum atomic E-state index is -5.08. The first-order valence-electron chi connectivity index (χ1n) is 12.7. The number of carboxylic acid groups (broad SMARTS) is 1. The van der Waals surface area contributed by atoms with Crippen LogP contribution in [0.25, 0.3) is 0 Å². The van der Waals surface area contributed by atoms with E-state index in [2.05, 4.69) is 28.7 Å². The van der Waals surface area contributed by atoms with Crippen molar-refractivity contribution in [3.63, 3.8) is 0 Å². The number of benzene rings is 1. The normalized spacial score (nSPS) is 18.6. The van der Waals surface area contributed by atoms with Crippen LogP contribution in [0.15, 0.2) is 35.5 Å². The number of alkyl halides is 3. The predicted molar refractivity (Wildman–Crippen MR) is 138 cm³/mol. The van der Waals surface area contributed by atoms with Crippen molar-refractivity contribution >= 4 is 27.7 Å². The molecule has 0 saturated carbocycles. The summed E-state index contributed by atoms with van der Waals surface area (Å²) in [7, 11) is -3.46. The number of anilines is 1. The summed E-state index contributed by atoms with van der Waals surface area (Å²) in [5.41, 5.74) is 1.50. The monoisotopic (exact) mass is 588 g/mol.